The van der Waals surface area contributed by atoms with Crippen LogP contribution in [0.1, 0.15) is 31.2 Å². The molecule has 0 aliphatic heterocycles. The first-order valence-electron chi connectivity index (χ1n) is 6.21. The van der Waals surface area contributed by atoms with E-state index in [1.165, 1.54) is 25.7 Å². The van der Waals surface area contributed by atoms with Crippen LogP contribution in [0, 0.1) is 12.8 Å². The molecule has 1 aliphatic rings. The minimum absolute atomic E-state index is 0.702. The minimum Gasteiger partial charge on any atom is -0.359 e. The number of nitrogens with two attached hydrogens (primary N) is 1. The third-order valence-corrected chi connectivity index (χ3v) is 3.56. The van der Waals surface area contributed by atoms with Crippen LogP contribution in [0.2, 0.25) is 0 Å². The Morgan fingerprint density at radius 2 is 2.12 bits per heavy atom. The zero-order valence-electron chi connectivity index (χ0n) is 10.6. The van der Waals surface area contributed by atoms with Gasteiger partial charge in [-0.25, -0.2) is 15.8 Å². The van der Waals surface area contributed by atoms with Crippen molar-refractivity contribution >= 4 is 11.6 Å². The SMILES string of the molecule is Cc1c(NN)ncnc1N(C)CC1CCCC1. The van der Waals surface area contributed by atoms with Gasteiger partial charge in [-0.2, -0.15) is 0 Å². The topological polar surface area (TPSA) is 67.1 Å². The van der Waals surface area contributed by atoms with E-state index in [0.29, 0.717) is 5.82 Å². The molecular formula is C12H21N5. The highest BCUT2D eigenvalue weighted by atomic mass is 15.3. The Morgan fingerprint density at radius 1 is 1.41 bits per heavy atom. The molecule has 0 unspecified atom stereocenters. The van der Waals surface area contributed by atoms with Gasteiger partial charge in [0.1, 0.15) is 18.0 Å². The second kappa shape index (κ2) is 5.31. The number of nitrogens with one attached hydrogen (secondary N) is 1. The summed E-state index contributed by atoms with van der Waals surface area (Å²) >= 11 is 0. The third kappa shape index (κ3) is 2.66. The van der Waals surface area contributed by atoms with Gasteiger partial charge in [-0.3, -0.25) is 0 Å². The van der Waals surface area contributed by atoms with E-state index in [1.54, 1.807) is 6.33 Å². The molecule has 0 amide bonds. The normalized spacial score (nSPS) is 16.2. The van der Waals surface area contributed by atoms with E-state index in [4.69, 9.17) is 5.84 Å². The average molecular weight is 235 g/mol. The molecule has 0 radical (unpaired) electrons. The van der Waals surface area contributed by atoms with Crippen LogP contribution < -0.4 is 16.2 Å². The summed E-state index contributed by atoms with van der Waals surface area (Å²) in [6, 6.07) is 0. The molecule has 0 atom stereocenters. The lowest BCUT2D eigenvalue weighted by atomic mass is 10.1. The van der Waals surface area contributed by atoms with Crippen molar-refractivity contribution in [2.24, 2.45) is 11.8 Å². The van der Waals surface area contributed by atoms with E-state index < -0.39 is 0 Å². The van der Waals surface area contributed by atoms with E-state index >= 15 is 0 Å². The molecule has 1 aromatic rings. The molecule has 0 aromatic carbocycles. The van der Waals surface area contributed by atoms with Gasteiger partial charge in [-0.1, -0.05) is 12.8 Å². The highest BCUT2D eigenvalue weighted by Crippen LogP contribution is 2.28. The molecule has 0 spiro atoms. The molecular weight excluding hydrogens is 214 g/mol. The molecule has 1 aliphatic carbocycles. The lowest BCUT2D eigenvalue weighted by molar-refractivity contribution is 0.544. The van der Waals surface area contributed by atoms with E-state index in [1.807, 2.05) is 6.92 Å². The molecule has 17 heavy (non-hydrogen) atoms. The Hall–Kier alpha value is -1.36. The van der Waals surface area contributed by atoms with Gasteiger partial charge in [0, 0.05) is 19.2 Å². The Morgan fingerprint density at radius 3 is 2.76 bits per heavy atom. The summed E-state index contributed by atoms with van der Waals surface area (Å²) in [4.78, 5) is 10.7. The van der Waals surface area contributed by atoms with Gasteiger partial charge in [0.05, 0.1) is 0 Å². The largest absolute Gasteiger partial charge is 0.359 e. The number of rotatable bonds is 4. The highest BCUT2D eigenvalue weighted by Gasteiger charge is 2.19. The van der Waals surface area contributed by atoms with Crippen molar-refractivity contribution in [2.75, 3.05) is 23.9 Å². The fraction of sp³-hybridized carbons (Fsp3) is 0.667. The summed E-state index contributed by atoms with van der Waals surface area (Å²) in [5, 5.41) is 0. The first-order chi connectivity index (χ1) is 8.22. The second-order valence-electron chi connectivity index (χ2n) is 4.85. The van der Waals surface area contributed by atoms with Crippen LogP contribution in [-0.2, 0) is 0 Å². The molecule has 1 fully saturated rings. The van der Waals surface area contributed by atoms with E-state index in [0.717, 1.165) is 23.8 Å². The summed E-state index contributed by atoms with van der Waals surface area (Å²) in [7, 11) is 2.09. The standard InChI is InChI=1S/C12H21N5/c1-9-11(16-13)14-8-15-12(9)17(2)7-10-5-3-4-6-10/h8,10H,3-7,13H2,1-2H3,(H,14,15,16). The maximum atomic E-state index is 5.42. The molecule has 2 rings (SSSR count). The summed E-state index contributed by atoms with van der Waals surface area (Å²) in [6.45, 7) is 3.07. The first kappa shape index (κ1) is 12.1. The number of anilines is 2. The quantitative estimate of drug-likeness (QED) is 0.614. The Labute approximate surface area is 102 Å². The average Bonchev–Trinajstić information content (AvgIpc) is 2.82. The van der Waals surface area contributed by atoms with Gasteiger partial charge < -0.3 is 10.3 Å². The Bertz CT molecular complexity index is 373. The van der Waals surface area contributed by atoms with Crippen molar-refractivity contribution in [1.29, 1.82) is 0 Å². The second-order valence-corrected chi connectivity index (χ2v) is 4.85. The van der Waals surface area contributed by atoms with Crippen molar-refractivity contribution in [2.45, 2.75) is 32.6 Å². The third-order valence-electron chi connectivity index (χ3n) is 3.56. The smallest absolute Gasteiger partial charge is 0.148 e. The summed E-state index contributed by atoms with van der Waals surface area (Å²) in [5.41, 5.74) is 3.62. The number of nitrogen functional groups attached to an aromatic ring is 1. The van der Waals surface area contributed by atoms with Crippen molar-refractivity contribution in [3.05, 3.63) is 11.9 Å². The minimum atomic E-state index is 0.702. The molecule has 5 heteroatoms. The fourth-order valence-corrected chi connectivity index (χ4v) is 2.64. The van der Waals surface area contributed by atoms with E-state index in [-0.39, 0.29) is 0 Å². The number of nitrogens with zero attached hydrogens (tertiary/aromatic N) is 3. The van der Waals surface area contributed by atoms with Gasteiger partial charge in [-0.15, -0.1) is 0 Å². The van der Waals surface area contributed by atoms with Gasteiger partial charge in [-0.05, 0) is 25.7 Å². The first-order valence-corrected chi connectivity index (χ1v) is 6.21. The van der Waals surface area contributed by atoms with E-state index in [9.17, 15) is 0 Å². The lowest BCUT2D eigenvalue weighted by Gasteiger charge is -2.24. The molecule has 3 N–H and O–H groups in total. The van der Waals surface area contributed by atoms with Crippen LogP contribution in [0.4, 0.5) is 11.6 Å². The Balaban J connectivity index is 2.09. The van der Waals surface area contributed by atoms with Crippen molar-refractivity contribution in [3.8, 4) is 0 Å². The van der Waals surface area contributed by atoms with Gasteiger partial charge >= 0.3 is 0 Å². The molecule has 94 valence electrons. The van der Waals surface area contributed by atoms with Crippen LogP contribution in [0.15, 0.2) is 6.33 Å². The highest BCUT2D eigenvalue weighted by molar-refractivity contribution is 5.56. The van der Waals surface area contributed by atoms with E-state index in [2.05, 4.69) is 27.3 Å². The monoisotopic (exact) mass is 235 g/mol. The summed E-state index contributed by atoms with van der Waals surface area (Å²) < 4.78 is 0. The van der Waals surface area contributed by atoms with Crippen LogP contribution in [0.25, 0.3) is 0 Å². The summed E-state index contributed by atoms with van der Waals surface area (Å²) in [5.74, 6) is 7.91. The van der Waals surface area contributed by atoms with Gasteiger partial charge in [0.25, 0.3) is 0 Å². The van der Waals surface area contributed by atoms with Gasteiger partial charge in [0.15, 0.2) is 0 Å². The zero-order valence-corrected chi connectivity index (χ0v) is 10.6. The van der Waals surface area contributed by atoms with Crippen molar-refractivity contribution in [3.63, 3.8) is 0 Å². The maximum Gasteiger partial charge on any atom is 0.148 e. The maximum absolute atomic E-state index is 5.42. The molecule has 0 bridgehead atoms. The molecule has 1 saturated carbocycles. The summed E-state index contributed by atoms with van der Waals surface area (Å²) in [6.07, 6.45) is 6.99. The predicted molar refractivity (Wildman–Crippen MR) is 69.8 cm³/mol. The van der Waals surface area contributed by atoms with Crippen molar-refractivity contribution < 1.29 is 0 Å². The molecule has 1 heterocycles. The number of aromatic nitrogens is 2. The van der Waals surface area contributed by atoms with Crippen LogP contribution >= 0.6 is 0 Å². The van der Waals surface area contributed by atoms with Crippen LogP contribution in [0.5, 0.6) is 0 Å². The van der Waals surface area contributed by atoms with Gasteiger partial charge in [0.2, 0.25) is 0 Å². The number of hydrazine groups is 1. The number of hydrogen-bond donors (Lipinski definition) is 2. The predicted octanol–water partition coefficient (Wildman–Crippen LogP) is 1.70. The van der Waals surface area contributed by atoms with Crippen LogP contribution in [-0.4, -0.2) is 23.6 Å². The lowest BCUT2D eigenvalue weighted by Crippen LogP contribution is -2.26. The fourth-order valence-electron chi connectivity index (χ4n) is 2.64. The molecule has 5 nitrogen and oxygen atoms in total. The van der Waals surface area contributed by atoms with Crippen molar-refractivity contribution in [1.82, 2.24) is 9.97 Å². The molecule has 0 saturated heterocycles. The number of hydrogen-bond acceptors (Lipinski definition) is 5. The van der Waals surface area contributed by atoms with Crippen LogP contribution in [0.3, 0.4) is 0 Å². The zero-order chi connectivity index (χ0) is 12.3. The Kier molecular flexibility index (Phi) is 3.78. The molecule has 1 aromatic heterocycles.